The van der Waals surface area contributed by atoms with Crippen LogP contribution >= 0.6 is 0 Å². The first-order valence-electron chi connectivity index (χ1n) is 16.2. The average Bonchev–Trinajstić information content (AvgIpc) is 3.98. The number of rotatable bonds is 4. The van der Waals surface area contributed by atoms with E-state index in [0.717, 1.165) is 44.8 Å². The van der Waals surface area contributed by atoms with Crippen molar-refractivity contribution in [2.75, 3.05) is 0 Å². The predicted octanol–water partition coefficient (Wildman–Crippen LogP) is 8.10. The Balaban J connectivity index is 0.000000142. The number of fused-ring (bicyclic) bond motifs is 8. The molecule has 0 saturated heterocycles. The van der Waals surface area contributed by atoms with Crippen molar-refractivity contribution < 1.29 is 39.9 Å². The summed E-state index contributed by atoms with van der Waals surface area (Å²) >= 11 is -3.19. The number of benzene rings is 4. The number of hydrogen-bond donors (Lipinski definition) is 2. The minimum absolute atomic E-state index is 0.939. The van der Waals surface area contributed by atoms with E-state index >= 15 is 0 Å². The van der Waals surface area contributed by atoms with Crippen LogP contribution in [0, 0.1) is 39.9 Å². The number of aromatic nitrogens is 4. The number of hydrogen-bond acceptors (Lipinski definition) is 2. The molecule has 3 aromatic heterocycles. The number of H-pyrrole nitrogens is 2. The number of nitrogens with one attached hydrogen (secondary N) is 2. The van der Waals surface area contributed by atoms with Crippen LogP contribution in [0.5, 0.6) is 0 Å². The summed E-state index contributed by atoms with van der Waals surface area (Å²) in [6, 6.07) is 60.7. The minimum atomic E-state index is -3.19. The second-order valence-electron chi connectivity index (χ2n) is 11.7. The topological polar surface area (TPSA) is 57.4 Å². The molecule has 5 heterocycles. The summed E-state index contributed by atoms with van der Waals surface area (Å²) in [5, 5.41) is 0. The summed E-state index contributed by atoms with van der Waals surface area (Å²) < 4.78 is 5.91. The first kappa shape index (κ1) is 31.3. The van der Waals surface area contributed by atoms with Gasteiger partial charge in [0.15, 0.2) is 0 Å². The molecule has 5 heteroatoms. The molecule has 0 fully saturated rings. The van der Waals surface area contributed by atoms with Gasteiger partial charge in [0.05, 0.1) is 22.8 Å². The van der Waals surface area contributed by atoms with Crippen LogP contribution in [0.1, 0.15) is 22.8 Å². The van der Waals surface area contributed by atoms with Crippen LogP contribution in [0.2, 0.25) is 0 Å². The molecule has 2 aliphatic rings. The molecule has 0 amide bonds. The van der Waals surface area contributed by atoms with E-state index in [0.29, 0.717) is 0 Å². The molecule has 0 spiro atoms. The van der Waals surface area contributed by atoms with Crippen LogP contribution in [0.3, 0.4) is 0 Å². The summed E-state index contributed by atoms with van der Waals surface area (Å²) in [5.74, 6) is 0. The van der Waals surface area contributed by atoms with Gasteiger partial charge >= 0.3 is 161 Å². The van der Waals surface area contributed by atoms with Crippen molar-refractivity contribution in [2.45, 2.75) is 0 Å². The van der Waals surface area contributed by atoms with E-state index in [1.807, 2.05) is 48.6 Å². The SMILES string of the molecule is C1=Cc2cc3ccc(cc4nc(cc5ccc(cc1n2)[nH]5)C=C4)[nH]3.c1cc[c]([Eu]([c]2ccccc2)([c]2ccccc2)[c]2ccccc2)cc1. The van der Waals surface area contributed by atoms with Crippen molar-refractivity contribution in [1.29, 1.82) is 0 Å². The molecule has 49 heavy (non-hydrogen) atoms. The molecule has 2 N–H and O–H groups in total. The fourth-order valence-electron chi connectivity index (χ4n) is 6.11. The molecule has 0 unspecified atom stereocenters. The van der Waals surface area contributed by atoms with Gasteiger partial charge in [-0.2, -0.15) is 0 Å². The molecule has 2 aliphatic heterocycles. The van der Waals surface area contributed by atoms with Gasteiger partial charge in [0.2, 0.25) is 0 Å². The quantitative estimate of drug-likeness (QED) is 0.190. The van der Waals surface area contributed by atoms with Crippen molar-refractivity contribution in [2.24, 2.45) is 0 Å². The zero-order valence-corrected chi connectivity index (χ0v) is 29.2. The second kappa shape index (κ2) is 14.3. The van der Waals surface area contributed by atoms with Crippen LogP contribution in [0.15, 0.2) is 170 Å². The molecular formula is C44H34EuN4. The van der Waals surface area contributed by atoms with Crippen LogP contribution in [-0.2, 0) is 0 Å². The van der Waals surface area contributed by atoms with Gasteiger partial charge in [-0.1, -0.05) is 0 Å². The molecule has 9 rings (SSSR count). The van der Waals surface area contributed by atoms with Gasteiger partial charge in [-0.15, -0.1) is 0 Å². The standard InChI is InChI=1S/C20H14N4.4C6H5.Eu/c1-2-14-10-16-5-6-18(23-16)12-20-8-7-19(24-20)11-17-4-3-15(22-17)9-13(1)21-14;4*1-2-4-6-5-3-1;/h1-12,21,24H;4*1-5H;. The van der Waals surface area contributed by atoms with Gasteiger partial charge in [0.1, 0.15) is 0 Å². The Kier molecular flexibility index (Phi) is 9.13. The third-order valence-corrected chi connectivity index (χ3v) is 19.9. The predicted molar refractivity (Wildman–Crippen MR) is 203 cm³/mol. The molecule has 7 aromatic rings. The van der Waals surface area contributed by atoms with Crippen LogP contribution in [0.25, 0.3) is 46.4 Å². The third-order valence-electron chi connectivity index (χ3n) is 8.28. The molecule has 0 atom stereocenters. The summed E-state index contributed by atoms with van der Waals surface area (Å²) in [5.41, 5.74) is 7.86. The van der Waals surface area contributed by atoms with Gasteiger partial charge in [0, 0.05) is 22.1 Å². The monoisotopic (exact) mass is 771 g/mol. The van der Waals surface area contributed by atoms with E-state index in [9.17, 15) is 0 Å². The Morgan fingerprint density at radius 1 is 0.306 bits per heavy atom. The number of aromatic amines is 2. The molecule has 0 aliphatic carbocycles. The van der Waals surface area contributed by atoms with Crippen molar-refractivity contribution in [3.8, 4) is 0 Å². The second-order valence-corrected chi connectivity index (χ2v) is 20.9. The van der Waals surface area contributed by atoms with Crippen LogP contribution < -0.4 is -0.169 Å². The van der Waals surface area contributed by atoms with Crippen molar-refractivity contribution in [3.05, 3.63) is 193 Å². The molecule has 237 valence electrons. The normalized spacial score (nSPS) is 12.2. The summed E-state index contributed by atoms with van der Waals surface area (Å²) in [6.45, 7) is 0. The summed E-state index contributed by atoms with van der Waals surface area (Å²) in [4.78, 5) is 16.0. The van der Waals surface area contributed by atoms with Crippen LogP contribution in [0.4, 0.5) is 0 Å². The van der Waals surface area contributed by atoms with E-state index in [1.54, 1.807) is 0 Å². The van der Waals surface area contributed by atoms with E-state index < -0.39 is 39.9 Å². The Morgan fingerprint density at radius 3 is 0.796 bits per heavy atom. The van der Waals surface area contributed by atoms with Gasteiger partial charge in [-0.3, -0.25) is 0 Å². The summed E-state index contributed by atoms with van der Waals surface area (Å²) in [7, 11) is 0. The Labute approximate surface area is 295 Å². The van der Waals surface area contributed by atoms with Crippen molar-refractivity contribution in [3.63, 3.8) is 0 Å². The Hall–Kier alpha value is -4.94. The molecular weight excluding hydrogens is 736 g/mol. The zero-order chi connectivity index (χ0) is 32.9. The fourth-order valence-corrected chi connectivity index (χ4v) is 17.7. The van der Waals surface area contributed by atoms with Gasteiger partial charge < -0.3 is 9.97 Å². The first-order chi connectivity index (χ1) is 24.2. The van der Waals surface area contributed by atoms with E-state index in [1.165, 1.54) is -0.169 Å². The fraction of sp³-hybridized carbons (Fsp3) is 0. The van der Waals surface area contributed by atoms with Crippen molar-refractivity contribution in [1.82, 2.24) is 19.9 Å². The maximum absolute atomic E-state index is 4.63. The van der Waals surface area contributed by atoms with E-state index in [2.05, 4.69) is 166 Å². The first-order valence-corrected chi connectivity index (χ1v) is 21.1. The molecule has 4 nitrogen and oxygen atoms in total. The zero-order valence-electron chi connectivity index (χ0n) is 26.7. The third kappa shape index (κ3) is 6.84. The molecule has 4 aromatic carbocycles. The number of nitrogens with zero attached hydrogens (tertiary/aromatic N) is 2. The Bertz CT molecular complexity index is 2090. The summed E-state index contributed by atoms with van der Waals surface area (Å²) in [6.07, 6.45) is 8.09. The maximum atomic E-state index is 4.63. The average molecular weight is 771 g/mol. The van der Waals surface area contributed by atoms with Gasteiger partial charge in [0.25, 0.3) is 0 Å². The Morgan fingerprint density at radius 2 is 0.551 bits per heavy atom. The van der Waals surface area contributed by atoms with E-state index in [-0.39, 0.29) is 0 Å². The van der Waals surface area contributed by atoms with E-state index in [4.69, 9.17) is 0 Å². The van der Waals surface area contributed by atoms with Crippen molar-refractivity contribution >= 4 is 46.2 Å². The molecule has 0 saturated carbocycles. The molecule has 0 radical (unpaired) electrons. The van der Waals surface area contributed by atoms with Gasteiger partial charge in [-0.05, 0) is 72.8 Å². The van der Waals surface area contributed by atoms with Crippen LogP contribution in [-0.4, -0.2) is 19.9 Å². The van der Waals surface area contributed by atoms with Gasteiger partial charge in [-0.25, -0.2) is 9.97 Å². The molecule has 8 bridgehead atoms.